The van der Waals surface area contributed by atoms with Crippen LogP contribution in [0.25, 0.3) is 10.8 Å². The van der Waals surface area contributed by atoms with Crippen LogP contribution in [0.5, 0.6) is 5.75 Å². The maximum absolute atomic E-state index is 12.7. The first-order valence-corrected chi connectivity index (χ1v) is 10.6. The number of rotatable bonds is 7. The SMILES string of the molecule is O=C([O-])CSc1cc(NS(=O)(=O)c2ccc(C(=O)[O-])cc2)c2ccccc2c1O. The normalized spacial score (nSPS) is 11.3. The second kappa shape index (κ2) is 8.02. The van der Waals surface area contributed by atoms with Crippen molar-refractivity contribution in [1.82, 2.24) is 0 Å². The molecule has 3 aromatic carbocycles. The number of hydrogen-bond donors (Lipinski definition) is 2. The molecule has 10 heteroatoms. The summed E-state index contributed by atoms with van der Waals surface area (Å²) in [6, 6.07) is 12.3. The molecular formula is C19H13NO7S2-2. The van der Waals surface area contributed by atoms with E-state index < -0.39 is 27.7 Å². The van der Waals surface area contributed by atoms with E-state index in [1.54, 1.807) is 24.3 Å². The number of aliphatic carboxylic acids is 1. The lowest BCUT2D eigenvalue weighted by molar-refractivity contribution is -0.301. The van der Waals surface area contributed by atoms with E-state index in [1.807, 2.05) is 0 Å². The third kappa shape index (κ3) is 4.44. The summed E-state index contributed by atoms with van der Waals surface area (Å²) in [6.07, 6.45) is 0. The zero-order valence-corrected chi connectivity index (χ0v) is 16.2. The van der Waals surface area contributed by atoms with Crippen molar-refractivity contribution in [1.29, 1.82) is 0 Å². The van der Waals surface area contributed by atoms with Gasteiger partial charge in [0.25, 0.3) is 10.0 Å². The van der Waals surface area contributed by atoms with E-state index in [0.717, 1.165) is 36.0 Å². The lowest BCUT2D eigenvalue weighted by Crippen LogP contribution is -2.24. The number of sulfonamides is 1. The van der Waals surface area contributed by atoms with Crippen molar-refractivity contribution in [3.05, 3.63) is 60.2 Å². The van der Waals surface area contributed by atoms with Gasteiger partial charge in [-0.2, -0.15) is 0 Å². The van der Waals surface area contributed by atoms with Gasteiger partial charge < -0.3 is 24.9 Å². The molecule has 0 radical (unpaired) electrons. The third-order valence-corrected chi connectivity index (χ3v) is 6.35. The fourth-order valence-corrected chi connectivity index (χ4v) is 4.43. The second-order valence-corrected chi connectivity index (χ2v) is 8.59. The molecule has 3 aromatic rings. The summed E-state index contributed by atoms with van der Waals surface area (Å²) in [5.41, 5.74) is -0.0387. The standard InChI is InChI=1S/C19H15NO7S2/c21-17(22)10-28-16-9-15(13-3-1-2-4-14(13)18(16)23)20-29(26,27)12-7-5-11(6-8-12)19(24)25/h1-9,20,23H,10H2,(H,21,22)(H,24,25)/p-2. The molecule has 0 unspecified atom stereocenters. The van der Waals surface area contributed by atoms with Crippen LogP contribution in [0.1, 0.15) is 10.4 Å². The fraction of sp³-hybridized carbons (Fsp3) is 0.0526. The Labute approximate surface area is 169 Å². The quantitative estimate of drug-likeness (QED) is 0.407. The summed E-state index contributed by atoms with van der Waals surface area (Å²) in [5, 5.41) is 32.7. The molecule has 0 amide bonds. The van der Waals surface area contributed by atoms with E-state index >= 15 is 0 Å². The molecule has 0 aliphatic carbocycles. The van der Waals surface area contributed by atoms with Gasteiger partial charge in [-0.25, -0.2) is 8.42 Å². The molecule has 0 aromatic heterocycles. The Hall–Kier alpha value is -3.24. The van der Waals surface area contributed by atoms with E-state index in [2.05, 4.69) is 4.72 Å². The van der Waals surface area contributed by atoms with Gasteiger partial charge in [0.15, 0.2) is 0 Å². The van der Waals surface area contributed by atoms with Crippen LogP contribution in [0.3, 0.4) is 0 Å². The van der Waals surface area contributed by atoms with E-state index in [9.17, 15) is 33.3 Å². The zero-order chi connectivity index (χ0) is 21.2. The molecule has 0 saturated carbocycles. The molecule has 0 fully saturated rings. The van der Waals surface area contributed by atoms with E-state index in [-0.39, 0.29) is 26.8 Å². The molecule has 0 bridgehead atoms. The smallest absolute Gasteiger partial charge is 0.261 e. The summed E-state index contributed by atoms with van der Waals surface area (Å²) in [6.45, 7) is 0. The first-order valence-electron chi connectivity index (χ1n) is 8.10. The Morgan fingerprint density at radius 2 is 1.62 bits per heavy atom. The van der Waals surface area contributed by atoms with Gasteiger partial charge in [-0.15, -0.1) is 11.8 Å². The summed E-state index contributed by atoms with van der Waals surface area (Å²) in [7, 11) is -4.09. The van der Waals surface area contributed by atoms with Crippen LogP contribution in [0.15, 0.2) is 64.4 Å². The van der Waals surface area contributed by atoms with Gasteiger partial charge in [0, 0.05) is 16.5 Å². The summed E-state index contributed by atoms with van der Waals surface area (Å²) in [4.78, 5) is 21.6. The molecule has 8 nitrogen and oxygen atoms in total. The Bertz CT molecular complexity index is 1210. The Balaban J connectivity index is 2.05. The van der Waals surface area contributed by atoms with Gasteiger partial charge in [0.1, 0.15) is 5.75 Å². The predicted molar refractivity (Wildman–Crippen MR) is 103 cm³/mol. The fourth-order valence-electron chi connectivity index (χ4n) is 2.64. The van der Waals surface area contributed by atoms with Crippen LogP contribution in [-0.4, -0.2) is 31.2 Å². The van der Waals surface area contributed by atoms with E-state index in [1.165, 1.54) is 6.07 Å². The number of carboxylic acids is 2. The number of hydrogen-bond acceptors (Lipinski definition) is 8. The van der Waals surface area contributed by atoms with Gasteiger partial charge in [-0.3, -0.25) is 4.72 Å². The lowest BCUT2D eigenvalue weighted by Gasteiger charge is -2.15. The number of carbonyl (C=O) groups excluding carboxylic acids is 2. The number of fused-ring (bicyclic) bond motifs is 1. The van der Waals surface area contributed by atoms with Crippen molar-refractivity contribution in [2.24, 2.45) is 0 Å². The van der Waals surface area contributed by atoms with Crippen molar-refractivity contribution in [2.45, 2.75) is 9.79 Å². The highest BCUT2D eigenvalue weighted by molar-refractivity contribution is 8.00. The highest BCUT2D eigenvalue weighted by Gasteiger charge is 2.18. The van der Waals surface area contributed by atoms with Gasteiger partial charge in [-0.1, -0.05) is 36.4 Å². The minimum Gasteiger partial charge on any atom is -0.549 e. The van der Waals surface area contributed by atoms with Gasteiger partial charge in [-0.05, 0) is 23.8 Å². The number of aromatic hydroxyl groups is 1. The summed E-state index contributed by atoms with van der Waals surface area (Å²) >= 11 is 0.792. The first-order chi connectivity index (χ1) is 13.7. The van der Waals surface area contributed by atoms with Crippen LogP contribution in [0.4, 0.5) is 5.69 Å². The molecule has 0 atom stereocenters. The maximum atomic E-state index is 12.7. The highest BCUT2D eigenvalue weighted by atomic mass is 32.2. The van der Waals surface area contributed by atoms with Crippen molar-refractivity contribution in [3.63, 3.8) is 0 Å². The van der Waals surface area contributed by atoms with Crippen molar-refractivity contribution < 1.29 is 33.3 Å². The third-order valence-electron chi connectivity index (χ3n) is 3.97. The molecule has 2 N–H and O–H groups in total. The molecule has 0 aliphatic heterocycles. The van der Waals surface area contributed by atoms with E-state index in [0.29, 0.717) is 10.8 Å². The maximum Gasteiger partial charge on any atom is 0.261 e. The van der Waals surface area contributed by atoms with Crippen LogP contribution in [0, 0.1) is 0 Å². The molecule has 3 rings (SSSR count). The second-order valence-electron chi connectivity index (χ2n) is 5.89. The number of aromatic carboxylic acids is 1. The number of anilines is 1. The van der Waals surface area contributed by atoms with Crippen molar-refractivity contribution in [3.8, 4) is 5.75 Å². The number of phenolic OH excluding ortho intramolecular Hbond substituents is 1. The first kappa shape index (κ1) is 20.5. The van der Waals surface area contributed by atoms with Crippen LogP contribution < -0.4 is 14.9 Å². The lowest BCUT2D eigenvalue weighted by atomic mass is 10.1. The topological polar surface area (TPSA) is 147 Å². The molecule has 0 spiro atoms. The molecule has 29 heavy (non-hydrogen) atoms. The predicted octanol–water partition coefficient (Wildman–Crippen LogP) is 0.552. The molecule has 0 aliphatic rings. The number of nitrogens with one attached hydrogen (secondary N) is 1. The van der Waals surface area contributed by atoms with Gasteiger partial charge >= 0.3 is 0 Å². The van der Waals surface area contributed by atoms with E-state index in [4.69, 9.17) is 0 Å². The number of phenols is 1. The number of thioether (sulfide) groups is 1. The Morgan fingerprint density at radius 3 is 2.21 bits per heavy atom. The molecule has 0 heterocycles. The highest BCUT2D eigenvalue weighted by Crippen LogP contribution is 2.40. The summed E-state index contributed by atoms with van der Waals surface area (Å²) < 4.78 is 27.9. The van der Waals surface area contributed by atoms with Gasteiger partial charge in [0.2, 0.25) is 0 Å². The molecular weight excluding hydrogens is 418 g/mol. The van der Waals surface area contributed by atoms with Gasteiger partial charge in [0.05, 0.1) is 27.4 Å². The average molecular weight is 431 g/mol. The average Bonchev–Trinajstić information content (AvgIpc) is 2.69. The Kier molecular flexibility index (Phi) is 5.66. The minimum atomic E-state index is -4.09. The van der Waals surface area contributed by atoms with Crippen molar-refractivity contribution in [2.75, 3.05) is 10.5 Å². The van der Waals surface area contributed by atoms with Crippen LogP contribution in [0.2, 0.25) is 0 Å². The monoisotopic (exact) mass is 431 g/mol. The summed E-state index contributed by atoms with van der Waals surface area (Å²) in [5.74, 6) is -3.37. The van der Waals surface area contributed by atoms with Crippen molar-refractivity contribution >= 4 is 50.2 Å². The Morgan fingerprint density at radius 1 is 1.00 bits per heavy atom. The molecule has 0 saturated heterocycles. The number of benzene rings is 3. The van der Waals surface area contributed by atoms with Crippen LogP contribution in [-0.2, 0) is 14.8 Å². The largest absolute Gasteiger partial charge is 0.549 e. The number of carboxylic acid groups (broad SMARTS) is 2. The van der Waals surface area contributed by atoms with Crippen LogP contribution >= 0.6 is 11.8 Å². The zero-order valence-electron chi connectivity index (χ0n) is 14.6. The molecule has 150 valence electrons. The number of carbonyl (C=O) groups is 2. The minimum absolute atomic E-state index is 0.128.